The fraction of sp³-hybridized carbons (Fsp3) is 0.222. The second-order valence-electron chi connectivity index (χ2n) is 5.73. The molecule has 0 aliphatic carbocycles. The number of Topliss-reactive ketones (excluding diaryl/α,β-unsaturated/α-hetero) is 1. The van der Waals surface area contributed by atoms with Crippen LogP contribution in [-0.4, -0.2) is 39.1 Å². The summed E-state index contributed by atoms with van der Waals surface area (Å²) in [4.78, 5) is 24.7. The number of ketones is 1. The number of ether oxygens (including phenoxy) is 2. The summed E-state index contributed by atoms with van der Waals surface area (Å²) in [6.45, 7) is -1.64. The molecular formula is C18H17F2NO6S. The Bertz CT molecular complexity index is 960. The molecule has 28 heavy (non-hydrogen) atoms. The lowest BCUT2D eigenvalue weighted by molar-refractivity contribution is -0.0498. The molecule has 0 fully saturated rings. The van der Waals surface area contributed by atoms with Crippen LogP contribution in [0.5, 0.6) is 5.75 Å². The third kappa shape index (κ3) is 6.02. The third-order valence-electron chi connectivity index (χ3n) is 3.46. The number of anilines is 1. The van der Waals surface area contributed by atoms with Crippen LogP contribution in [0, 0.1) is 0 Å². The van der Waals surface area contributed by atoms with Gasteiger partial charge >= 0.3 is 12.6 Å². The number of carbonyl (C=O) groups is 2. The van der Waals surface area contributed by atoms with Crippen molar-refractivity contribution in [2.24, 2.45) is 0 Å². The molecule has 0 aliphatic rings. The van der Waals surface area contributed by atoms with E-state index in [0.717, 1.165) is 6.26 Å². The number of para-hydroxylation sites is 1. The number of hydrogen-bond acceptors (Lipinski definition) is 6. The number of nitrogens with one attached hydrogen (secondary N) is 1. The highest BCUT2D eigenvalue weighted by molar-refractivity contribution is 7.92. The highest BCUT2D eigenvalue weighted by atomic mass is 32.2. The molecule has 0 heterocycles. The number of rotatable bonds is 8. The van der Waals surface area contributed by atoms with Crippen molar-refractivity contribution in [2.75, 3.05) is 11.0 Å². The third-order valence-corrected chi connectivity index (χ3v) is 4.05. The maximum Gasteiger partial charge on any atom is 0.387 e. The molecule has 7 nitrogen and oxygen atoms in total. The smallest absolute Gasteiger partial charge is 0.387 e. The molecule has 0 radical (unpaired) electrons. The standard InChI is InChI=1S/C18H17F2NO6S/c1-11(16(22)12-7-9-13(10-8-12)27-18(19)20)26-17(23)14-5-3-4-6-15(14)21-28(2,24)25/h3-11,18,21H,1-2H3/t11-/m1/s1. The van der Waals surface area contributed by atoms with E-state index in [4.69, 9.17) is 4.74 Å². The Morgan fingerprint density at radius 1 is 1.04 bits per heavy atom. The minimum Gasteiger partial charge on any atom is -0.451 e. The Kier molecular flexibility index (Phi) is 6.68. The van der Waals surface area contributed by atoms with Crippen LogP contribution in [0.3, 0.4) is 0 Å². The number of esters is 1. The van der Waals surface area contributed by atoms with E-state index in [9.17, 15) is 26.8 Å². The fourth-order valence-corrected chi connectivity index (χ4v) is 2.84. The predicted octanol–water partition coefficient (Wildman–Crippen LogP) is 3.09. The molecule has 1 atom stereocenters. The minimum atomic E-state index is -3.62. The van der Waals surface area contributed by atoms with Crippen LogP contribution in [0.2, 0.25) is 0 Å². The first-order valence-electron chi connectivity index (χ1n) is 7.93. The molecule has 0 aromatic heterocycles. The van der Waals surface area contributed by atoms with Crippen LogP contribution in [0.1, 0.15) is 27.6 Å². The Labute approximate surface area is 160 Å². The van der Waals surface area contributed by atoms with Gasteiger partial charge in [-0.3, -0.25) is 9.52 Å². The normalized spacial score (nSPS) is 12.3. The van der Waals surface area contributed by atoms with Crippen molar-refractivity contribution in [3.8, 4) is 5.75 Å². The molecule has 10 heteroatoms. The number of carbonyl (C=O) groups excluding carboxylic acids is 2. The van der Waals surface area contributed by atoms with E-state index in [-0.39, 0.29) is 22.6 Å². The highest BCUT2D eigenvalue weighted by Gasteiger charge is 2.22. The molecule has 0 unspecified atom stereocenters. The van der Waals surface area contributed by atoms with Gasteiger partial charge in [0.05, 0.1) is 17.5 Å². The number of benzene rings is 2. The Hall–Kier alpha value is -3.01. The average Bonchev–Trinajstić information content (AvgIpc) is 2.60. The van der Waals surface area contributed by atoms with Crippen LogP contribution < -0.4 is 9.46 Å². The van der Waals surface area contributed by atoms with Crippen molar-refractivity contribution in [2.45, 2.75) is 19.6 Å². The molecule has 0 bridgehead atoms. The summed E-state index contributed by atoms with van der Waals surface area (Å²) in [7, 11) is -3.62. The molecule has 1 N–H and O–H groups in total. The summed E-state index contributed by atoms with van der Waals surface area (Å²) >= 11 is 0. The number of alkyl halides is 2. The minimum absolute atomic E-state index is 0.0168. The van der Waals surface area contributed by atoms with Gasteiger partial charge in [0, 0.05) is 5.56 Å². The summed E-state index contributed by atoms with van der Waals surface area (Å²) in [5, 5.41) is 0. The van der Waals surface area contributed by atoms with Gasteiger partial charge in [-0.1, -0.05) is 12.1 Å². The van der Waals surface area contributed by atoms with Crippen molar-refractivity contribution in [3.05, 3.63) is 59.7 Å². The molecule has 0 saturated heterocycles. The first-order chi connectivity index (χ1) is 13.1. The fourth-order valence-electron chi connectivity index (χ4n) is 2.26. The van der Waals surface area contributed by atoms with Crippen molar-refractivity contribution in [1.82, 2.24) is 0 Å². The van der Waals surface area contributed by atoms with Crippen LogP contribution in [-0.2, 0) is 14.8 Å². The summed E-state index contributed by atoms with van der Waals surface area (Å²) in [5.74, 6) is -1.58. The van der Waals surface area contributed by atoms with Gasteiger partial charge < -0.3 is 9.47 Å². The van der Waals surface area contributed by atoms with Gasteiger partial charge in [-0.05, 0) is 43.3 Å². The van der Waals surface area contributed by atoms with Crippen molar-refractivity contribution < 1.29 is 36.3 Å². The lowest BCUT2D eigenvalue weighted by Crippen LogP contribution is -2.25. The molecule has 0 spiro atoms. The van der Waals surface area contributed by atoms with E-state index >= 15 is 0 Å². The SMILES string of the molecule is C[C@@H](OC(=O)c1ccccc1NS(C)(=O)=O)C(=O)c1ccc(OC(F)F)cc1. The van der Waals surface area contributed by atoms with Crippen molar-refractivity contribution >= 4 is 27.5 Å². The molecule has 2 rings (SSSR count). The van der Waals surface area contributed by atoms with Crippen LogP contribution in [0.15, 0.2) is 48.5 Å². The zero-order chi connectivity index (χ0) is 20.9. The topological polar surface area (TPSA) is 98.8 Å². The number of halogens is 2. The van der Waals surface area contributed by atoms with Gasteiger partial charge in [-0.15, -0.1) is 0 Å². The molecule has 0 aliphatic heterocycles. The Morgan fingerprint density at radius 3 is 2.21 bits per heavy atom. The van der Waals surface area contributed by atoms with Gasteiger partial charge in [0.1, 0.15) is 5.75 Å². The van der Waals surface area contributed by atoms with Crippen LogP contribution >= 0.6 is 0 Å². The van der Waals surface area contributed by atoms with E-state index in [1.807, 2.05) is 0 Å². The van der Waals surface area contributed by atoms with Gasteiger partial charge in [0.25, 0.3) is 0 Å². The highest BCUT2D eigenvalue weighted by Crippen LogP contribution is 2.20. The predicted molar refractivity (Wildman–Crippen MR) is 97.2 cm³/mol. The van der Waals surface area contributed by atoms with Crippen LogP contribution in [0.25, 0.3) is 0 Å². The molecule has 2 aromatic rings. The number of sulfonamides is 1. The maximum absolute atomic E-state index is 12.4. The Balaban J connectivity index is 2.11. The zero-order valence-electron chi connectivity index (χ0n) is 14.9. The van der Waals surface area contributed by atoms with Crippen molar-refractivity contribution in [3.63, 3.8) is 0 Å². The zero-order valence-corrected chi connectivity index (χ0v) is 15.7. The quantitative estimate of drug-likeness (QED) is 0.528. The first-order valence-corrected chi connectivity index (χ1v) is 9.83. The molecule has 150 valence electrons. The summed E-state index contributed by atoms with van der Waals surface area (Å²) in [6.07, 6.45) is -0.261. The summed E-state index contributed by atoms with van der Waals surface area (Å²) in [5.41, 5.74) is 0.0841. The van der Waals surface area contributed by atoms with E-state index in [0.29, 0.717) is 0 Å². The number of hydrogen-bond donors (Lipinski definition) is 1. The van der Waals surface area contributed by atoms with Gasteiger partial charge in [0.15, 0.2) is 6.10 Å². The summed E-state index contributed by atoms with van der Waals surface area (Å²) < 4.78 is 58.7. The lowest BCUT2D eigenvalue weighted by atomic mass is 10.1. The largest absolute Gasteiger partial charge is 0.451 e. The molecule has 2 aromatic carbocycles. The molecule has 0 saturated carbocycles. The van der Waals surface area contributed by atoms with E-state index in [2.05, 4.69) is 9.46 Å². The summed E-state index contributed by atoms with van der Waals surface area (Å²) in [6, 6.07) is 10.7. The second kappa shape index (κ2) is 8.79. The molecule has 0 amide bonds. The van der Waals surface area contributed by atoms with Gasteiger partial charge in [-0.2, -0.15) is 8.78 Å². The maximum atomic E-state index is 12.4. The van der Waals surface area contributed by atoms with Gasteiger partial charge in [0.2, 0.25) is 15.8 Å². The van der Waals surface area contributed by atoms with E-state index < -0.39 is 34.5 Å². The van der Waals surface area contributed by atoms with E-state index in [1.54, 1.807) is 0 Å². The monoisotopic (exact) mass is 413 g/mol. The second-order valence-corrected chi connectivity index (χ2v) is 7.48. The van der Waals surface area contributed by atoms with E-state index in [1.165, 1.54) is 55.5 Å². The Morgan fingerprint density at radius 2 is 1.64 bits per heavy atom. The lowest BCUT2D eigenvalue weighted by Gasteiger charge is -2.15. The molecular weight excluding hydrogens is 396 g/mol. The van der Waals surface area contributed by atoms with Gasteiger partial charge in [-0.25, -0.2) is 13.2 Å². The van der Waals surface area contributed by atoms with Crippen molar-refractivity contribution in [1.29, 1.82) is 0 Å². The van der Waals surface area contributed by atoms with Crippen LogP contribution in [0.4, 0.5) is 14.5 Å². The first kappa shape index (κ1) is 21.3. The average molecular weight is 413 g/mol.